The number of likely N-dealkylation sites (tertiary alicyclic amines) is 1. The van der Waals surface area contributed by atoms with E-state index in [9.17, 15) is 4.79 Å². The van der Waals surface area contributed by atoms with Crippen molar-refractivity contribution in [2.75, 3.05) is 26.3 Å². The van der Waals surface area contributed by atoms with Crippen LogP contribution in [0.4, 0.5) is 0 Å². The van der Waals surface area contributed by atoms with Gasteiger partial charge in [-0.15, -0.1) is 0 Å². The van der Waals surface area contributed by atoms with Gasteiger partial charge in [0.25, 0.3) is 0 Å². The minimum atomic E-state index is 0.265. The Morgan fingerprint density at radius 1 is 1.22 bits per heavy atom. The maximum absolute atomic E-state index is 12.7. The largest absolute Gasteiger partial charge is 0.381 e. The molecule has 0 radical (unpaired) electrons. The van der Waals surface area contributed by atoms with Gasteiger partial charge in [0.15, 0.2) is 0 Å². The van der Waals surface area contributed by atoms with E-state index in [2.05, 4.69) is 23.8 Å². The summed E-state index contributed by atoms with van der Waals surface area (Å²) in [6, 6.07) is 0. The summed E-state index contributed by atoms with van der Waals surface area (Å²) >= 11 is 0. The molecule has 1 atom stereocenters. The van der Waals surface area contributed by atoms with Crippen LogP contribution in [0.5, 0.6) is 0 Å². The summed E-state index contributed by atoms with van der Waals surface area (Å²) in [7, 11) is 0. The van der Waals surface area contributed by atoms with Crippen LogP contribution in [-0.2, 0) is 22.5 Å². The molecule has 3 rings (SSSR count). The SMILES string of the molecule is CCn1nc(C)c(CC(=O)N2CCC(C3CCOCC3)C2)c1C. The van der Waals surface area contributed by atoms with Gasteiger partial charge < -0.3 is 9.64 Å². The molecular weight excluding hydrogens is 290 g/mol. The fourth-order valence-electron chi connectivity index (χ4n) is 4.15. The van der Waals surface area contributed by atoms with E-state index in [4.69, 9.17) is 4.74 Å². The summed E-state index contributed by atoms with van der Waals surface area (Å²) in [6.07, 6.45) is 3.98. The summed E-state index contributed by atoms with van der Waals surface area (Å²) in [6.45, 7) is 10.7. The van der Waals surface area contributed by atoms with Crippen LogP contribution in [0, 0.1) is 25.7 Å². The minimum Gasteiger partial charge on any atom is -0.381 e. The lowest BCUT2D eigenvalue weighted by molar-refractivity contribution is -0.129. The number of hydrogen-bond acceptors (Lipinski definition) is 3. The molecule has 23 heavy (non-hydrogen) atoms. The van der Waals surface area contributed by atoms with Gasteiger partial charge in [-0.05, 0) is 51.9 Å². The number of aromatic nitrogens is 2. The highest BCUT2D eigenvalue weighted by atomic mass is 16.5. The van der Waals surface area contributed by atoms with Crippen LogP contribution in [0.3, 0.4) is 0 Å². The lowest BCUT2D eigenvalue weighted by Crippen LogP contribution is -2.32. The van der Waals surface area contributed by atoms with E-state index in [0.717, 1.165) is 75.0 Å². The second-order valence-electron chi connectivity index (χ2n) is 6.98. The van der Waals surface area contributed by atoms with Gasteiger partial charge in [-0.1, -0.05) is 0 Å². The van der Waals surface area contributed by atoms with E-state index < -0.39 is 0 Å². The Bertz CT molecular complexity index is 561. The Kier molecular flexibility index (Phi) is 5.05. The van der Waals surface area contributed by atoms with E-state index in [1.54, 1.807) is 0 Å². The quantitative estimate of drug-likeness (QED) is 0.856. The molecule has 0 N–H and O–H groups in total. The molecule has 5 nitrogen and oxygen atoms in total. The van der Waals surface area contributed by atoms with Crippen molar-refractivity contribution in [1.29, 1.82) is 0 Å². The summed E-state index contributed by atoms with van der Waals surface area (Å²) < 4.78 is 7.45. The van der Waals surface area contributed by atoms with Crippen LogP contribution in [-0.4, -0.2) is 46.9 Å². The number of aryl methyl sites for hydroxylation is 2. The van der Waals surface area contributed by atoms with Gasteiger partial charge in [0.1, 0.15) is 0 Å². The van der Waals surface area contributed by atoms with E-state index in [0.29, 0.717) is 12.3 Å². The standard InChI is InChI=1S/C18H29N3O2/c1-4-21-14(3)17(13(2)19-21)11-18(22)20-8-5-16(12-20)15-6-9-23-10-7-15/h15-16H,4-12H2,1-3H3. The van der Waals surface area contributed by atoms with Crippen molar-refractivity contribution in [2.45, 2.75) is 53.0 Å². The third-order valence-corrected chi connectivity index (χ3v) is 5.67. The number of carbonyl (C=O) groups excluding carboxylic acids is 1. The molecule has 0 spiro atoms. The number of rotatable bonds is 4. The van der Waals surface area contributed by atoms with Gasteiger partial charge in [0.05, 0.1) is 12.1 Å². The van der Waals surface area contributed by atoms with Gasteiger partial charge in [0.2, 0.25) is 5.91 Å². The maximum atomic E-state index is 12.7. The smallest absolute Gasteiger partial charge is 0.227 e. The lowest BCUT2D eigenvalue weighted by Gasteiger charge is -2.27. The van der Waals surface area contributed by atoms with Crippen molar-refractivity contribution < 1.29 is 9.53 Å². The average molecular weight is 319 g/mol. The van der Waals surface area contributed by atoms with Crippen LogP contribution in [0.15, 0.2) is 0 Å². The monoisotopic (exact) mass is 319 g/mol. The zero-order valence-corrected chi connectivity index (χ0v) is 14.7. The fourth-order valence-corrected chi connectivity index (χ4v) is 4.15. The predicted molar refractivity (Wildman–Crippen MR) is 89.3 cm³/mol. The topological polar surface area (TPSA) is 47.4 Å². The molecule has 1 aromatic rings. The highest BCUT2D eigenvalue weighted by Gasteiger charge is 2.33. The molecule has 2 fully saturated rings. The normalized spacial score (nSPS) is 22.7. The second-order valence-corrected chi connectivity index (χ2v) is 6.98. The first-order valence-electron chi connectivity index (χ1n) is 8.98. The zero-order valence-electron chi connectivity index (χ0n) is 14.7. The number of carbonyl (C=O) groups is 1. The summed E-state index contributed by atoms with van der Waals surface area (Å²) in [4.78, 5) is 14.8. The van der Waals surface area contributed by atoms with E-state index in [1.165, 1.54) is 0 Å². The van der Waals surface area contributed by atoms with Crippen LogP contribution < -0.4 is 0 Å². The van der Waals surface area contributed by atoms with Crippen molar-refractivity contribution in [2.24, 2.45) is 11.8 Å². The average Bonchev–Trinajstić information content (AvgIpc) is 3.16. The minimum absolute atomic E-state index is 0.265. The molecule has 1 unspecified atom stereocenters. The first-order valence-corrected chi connectivity index (χ1v) is 8.98. The molecule has 1 amide bonds. The molecule has 1 aromatic heterocycles. The molecule has 2 saturated heterocycles. The highest BCUT2D eigenvalue weighted by Crippen LogP contribution is 2.31. The molecule has 128 valence electrons. The molecule has 2 aliphatic heterocycles. The molecule has 3 heterocycles. The van der Waals surface area contributed by atoms with Gasteiger partial charge in [-0.3, -0.25) is 9.48 Å². The number of hydrogen-bond donors (Lipinski definition) is 0. The summed E-state index contributed by atoms with van der Waals surface area (Å²) in [5, 5.41) is 4.53. The van der Waals surface area contributed by atoms with Crippen LogP contribution in [0.25, 0.3) is 0 Å². The van der Waals surface area contributed by atoms with Crippen molar-refractivity contribution in [3.63, 3.8) is 0 Å². The Morgan fingerprint density at radius 2 is 1.96 bits per heavy atom. The lowest BCUT2D eigenvalue weighted by atomic mass is 9.85. The number of nitrogens with zero attached hydrogens (tertiary/aromatic N) is 3. The van der Waals surface area contributed by atoms with E-state index >= 15 is 0 Å². The Morgan fingerprint density at radius 3 is 2.61 bits per heavy atom. The fraction of sp³-hybridized carbons (Fsp3) is 0.778. The van der Waals surface area contributed by atoms with Gasteiger partial charge in [-0.2, -0.15) is 5.10 Å². The number of amides is 1. The third kappa shape index (κ3) is 3.44. The Hall–Kier alpha value is -1.36. The van der Waals surface area contributed by atoms with Gasteiger partial charge in [-0.25, -0.2) is 0 Å². The molecule has 5 heteroatoms. The van der Waals surface area contributed by atoms with Crippen molar-refractivity contribution in [3.05, 3.63) is 17.0 Å². The van der Waals surface area contributed by atoms with Gasteiger partial charge in [0, 0.05) is 44.1 Å². The van der Waals surface area contributed by atoms with Crippen molar-refractivity contribution >= 4 is 5.91 Å². The third-order valence-electron chi connectivity index (χ3n) is 5.67. The zero-order chi connectivity index (χ0) is 16.4. The molecule has 0 aromatic carbocycles. The number of ether oxygens (including phenoxy) is 1. The maximum Gasteiger partial charge on any atom is 0.227 e. The molecule has 2 aliphatic rings. The molecule has 0 bridgehead atoms. The van der Waals surface area contributed by atoms with Crippen LogP contribution in [0.2, 0.25) is 0 Å². The Balaban J connectivity index is 1.60. The van der Waals surface area contributed by atoms with E-state index in [-0.39, 0.29) is 5.91 Å². The molecule has 0 aliphatic carbocycles. The molecular formula is C18H29N3O2. The molecule has 0 saturated carbocycles. The van der Waals surface area contributed by atoms with Crippen LogP contribution >= 0.6 is 0 Å². The van der Waals surface area contributed by atoms with Crippen LogP contribution in [0.1, 0.15) is 43.1 Å². The van der Waals surface area contributed by atoms with Crippen molar-refractivity contribution in [1.82, 2.24) is 14.7 Å². The highest BCUT2D eigenvalue weighted by molar-refractivity contribution is 5.79. The summed E-state index contributed by atoms with van der Waals surface area (Å²) in [5.74, 6) is 1.68. The van der Waals surface area contributed by atoms with Crippen molar-refractivity contribution in [3.8, 4) is 0 Å². The first kappa shape index (κ1) is 16.5. The second kappa shape index (κ2) is 7.04. The van der Waals surface area contributed by atoms with Gasteiger partial charge >= 0.3 is 0 Å². The summed E-state index contributed by atoms with van der Waals surface area (Å²) in [5.41, 5.74) is 3.25. The predicted octanol–water partition coefficient (Wildman–Crippen LogP) is 2.34. The Labute approximate surface area is 139 Å². The van der Waals surface area contributed by atoms with E-state index in [1.807, 2.05) is 11.6 Å². The first-order chi connectivity index (χ1) is 11.1.